The fourth-order valence-corrected chi connectivity index (χ4v) is 3.86. The Bertz CT molecular complexity index is 1110. The average molecular weight is 401 g/mol. The molecular weight excluding hydrogens is 386 g/mol. The zero-order valence-electron chi connectivity index (χ0n) is 14.8. The van der Waals surface area contributed by atoms with Crippen LogP contribution in [-0.4, -0.2) is 10.7 Å². The molecule has 0 aliphatic carbocycles. The number of ether oxygens (including phenoxy) is 1. The maximum absolute atomic E-state index is 13.9. The van der Waals surface area contributed by atoms with Crippen LogP contribution in [0.5, 0.6) is 5.75 Å². The largest absolute Gasteiger partial charge is 0.464 e. The maximum Gasteiger partial charge on any atom is 0.213 e. The first-order chi connectivity index (χ1) is 13.5. The molecule has 2 aliphatic rings. The molecule has 0 saturated carbocycles. The van der Waals surface area contributed by atoms with Crippen LogP contribution >= 0.6 is 11.6 Å². The Morgan fingerprint density at radius 1 is 1.07 bits per heavy atom. The highest BCUT2D eigenvalue weighted by atomic mass is 35.5. The van der Waals surface area contributed by atoms with Crippen molar-refractivity contribution in [2.24, 2.45) is 5.10 Å². The smallest absolute Gasteiger partial charge is 0.213 e. The van der Waals surface area contributed by atoms with Gasteiger partial charge in [-0.25, -0.2) is 13.8 Å². The van der Waals surface area contributed by atoms with E-state index >= 15 is 0 Å². The zero-order valence-corrected chi connectivity index (χ0v) is 15.6. The van der Waals surface area contributed by atoms with Crippen molar-refractivity contribution < 1.29 is 17.9 Å². The molecule has 2 atom stereocenters. The van der Waals surface area contributed by atoms with Crippen LogP contribution in [0.4, 0.5) is 8.78 Å². The van der Waals surface area contributed by atoms with Crippen molar-refractivity contribution in [1.29, 1.82) is 0 Å². The first kappa shape index (κ1) is 17.3. The molecule has 2 aromatic carbocycles. The summed E-state index contributed by atoms with van der Waals surface area (Å²) in [5.74, 6) is 0.288. The standard InChI is InChI=1S/C21H15ClF2N2O2/c1-11-2-6-20(27-11)17-10-18-14-9-13(22)4-7-19(14)28-21(26(18)25-17)12-3-5-15(23)16(24)8-12/h2-9,18,21H,10H2,1H3/t18-,21-/m0/s1. The summed E-state index contributed by atoms with van der Waals surface area (Å²) < 4.78 is 39.1. The van der Waals surface area contributed by atoms with Crippen LogP contribution in [0.15, 0.2) is 58.0 Å². The molecule has 0 unspecified atom stereocenters. The molecule has 28 heavy (non-hydrogen) atoms. The molecule has 1 aromatic heterocycles. The first-order valence-corrected chi connectivity index (χ1v) is 9.21. The minimum absolute atomic E-state index is 0.152. The summed E-state index contributed by atoms with van der Waals surface area (Å²) in [6.45, 7) is 1.87. The van der Waals surface area contributed by atoms with Gasteiger partial charge in [-0.3, -0.25) is 0 Å². The molecule has 0 radical (unpaired) electrons. The predicted molar refractivity (Wildman–Crippen MR) is 100 cm³/mol. The minimum Gasteiger partial charge on any atom is -0.464 e. The molecule has 3 heterocycles. The van der Waals surface area contributed by atoms with Crippen LogP contribution in [-0.2, 0) is 0 Å². The van der Waals surface area contributed by atoms with Gasteiger partial charge in [0.25, 0.3) is 0 Å². The number of hydrazone groups is 1. The van der Waals surface area contributed by atoms with Crippen molar-refractivity contribution in [3.8, 4) is 5.75 Å². The average Bonchev–Trinajstić information content (AvgIpc) is 3.30. The van der Waals surface area contributed by atoms with Crippen molar-refractivity contribution in [2.45, 2.75) is 25.6 Å². The molecule has 3 aromatic rings. The first-order valence-electron chi connectivity index (χ1n) is 8.83. The predicted octanol–water partition coefficient (Wildman–Crippen LogP) is 5.76. The Labute approximate surface area is 165 Å². The lowest BCUT2D eigenvalue weighted by Crippen LogP contribution is -2.33. The van der Waals surface area contributed by atoms with Gasteiger partial charge in [0.15, 0.2) is 11.6 Å². The van der Waals surface area contributed by atoms with Gasteiger partial charge in [-0.15, -0.1) is 0 Å². The van der Waals surface area contributed by atoms with Gasteiger partial charge in [-0.2, -0.15) is 5.10 Å². The van der Waals surface area contributed by atoms with E-state index < -0.39 is 17.9 Å². The van der Waals surface area contributed by atoms with Crippen LogP contribution in [0.2, 0.25) is 5.02 Å². The van der Waals surface area contributed by atoms with Crippen molar-refractivity contribution in [1.82, 2.24) is 5.01 Å². The van der Waals surface area contributed by atoms with E-state index in [0.717, 1.165) is 29.2 Å². The van der Waals surface area contributed by atoms with Gasteiger partial charge < -0.3 is 9.15 Å². The highest BCUT2D eigenvalue weighted by molar-refractivity contribution is 6.30. The number of hydrogen-bond acceptors (Lipinski definition) is 4. The van der Waals surface area contributed by atoms with Crippen molar-refractivity contribution >= 4 is 17.3 Å². The highest BCUT2D eigenvalue weighted by Gasteiger charge is 2.41. The van der Waals surface area contributed by atoms with E-state index in [1.807, 2.05) is 25.1 Å². The fourth-order valence-electron chi connectivity index (χ4n) is 3.68. The van der Waals surface area contributed by atoms with Gasteiger partial charge in [0, 0.05) is 22.6 Å². The molecule has 0 spiro atoms. The summed E-state index contributed by atoms with van der Waals surface area (Å²) >= 11 is 6.19. The molecule has 4 nitrogen and oxygen atoms in total. The summed E-state index contributed by atoms with van der Waals surface area (Å²) in [6, 6.07) is 12.7. The Kier molecular flexibility index (Phi) is 3.91. The Morgan fingerprint density at radius 2 is 1.93 bits per heavy atom. The number of furan rings is 1. The number of hydrogen-bond donors (Lipinski definition) is 0. The van der Waals surface area contributed by atoms with Crippen molar-refractivity contribution in [2.75, 3.05) is 0 Å². The van der Waals surface area contributed by atoms with Crippen LogP contribution in [0.3, 0.4) is 0 Å². The number of fused-ring (bicyclic) bond motifs is 3. The van der Waals surface area contributed by atoms with Gasteiger partial charge >= 0.3 is 0 Å². The monoisotopic (exact) mass is 400 g/mol. The van der Waals surface area contributed by atoms with Gasteiger partial charge in [-0.1, -0.05) is 17.7 Å². The lowest BCUT2D eigenvalue weighted by Gasteiger charge is -2.38. The van der Waals surface area contributed by atoms with E-state index in [4.69, 9.17) is 25.9 Å². The summed E-state index contributed by atoms with van der Waals surface area (Å²) in [5, 5.41) is 7.06. The maximum atomic E-state index is 13.9. The van der Waals surface area contributed by atoms with Gasteiger partial charge in [0.2, 0.25) is 6.23 Å². The Balaban J connectivity index is 1.62. The zero-order chi connectivity index (χ0) is 19.4. The summed E-state index contributed by atoms with van der Waals surface area (Å²) in [5.41, 5.74) is 2.14. The van der Waals surface area contributed by atoms with E-state index in [9.17, 15) is 8.78 Å². The van der Waals surface area contributed by atoms with E-state index in [1.165, 1.54) is 6.07 Å². The van der Waals surface area contributed by atoms with Gasteiger partial charge in [0.1, 0.15) is 23.0 Å². The van der Waals surface area contributed by atoms with Crippen LogP contribution in [0, 0.1) is 18.6 Å². The normalized spacial score (nSPS) is 20.4. The molecule has 142 valence electrons. The van der Waals surface area contributed by atoms with E-state index in [0.29, 0.717) is 28.5 Å². The van der Waals surface area contributed by atoms with E-state index in [1.54, 1.807) is 17.1 Å². The van der Waals surface area contributed by atoms with Crippen molar-refractivity contribution in [3.63, 3.8) is 0 Å². The lowest BCUT2D eigenvalue weighted by molar-refractivity contribution is -0.0192. The second-order valence-electron chi connectivity index (χ2n) is 6.88. The number of halogens is 3. The highest BCUT2D eigenvalue weighted by Crippen LogP contribution is 2.48. The summed E-state index contributed by atoms with van der Waals surface area (Å²) in [7, 11) is 0. The third kappa shape index (κ3) is 2.76. The van der Waals surface area contributed by atoms with E-state index in [2.05, 4.69) is 0 Å². The SMILES string of the molecule is Cc1ccc(C2=NN3[C@@H](C2)c2cc(Cl)ccc2O[C@H]3c2ccc(F)c(F)c2)o1. The lowest BCUT2D eigenvalue weighted by atomic mass is 9.97. The molecule has 0 amide bonds. The van der Waals surface area contributed by atoms with Crippen molar-refractivity contribution in [3.05, 3.63) is 87.8 Å². The Morgan fingerprint density at radius 3 is 2.68 bits per heavy atom. The van der Waals surface area contributed by atoms with E-state index in [-0.39, 0.29) is 6.04 Å². The van der Waals surface area contributed by atoms with Crippen LogP contribution in [0.25, 0.3) is 0 Å². The number of rotatable bonds is 2. The molecule has 0 N–H and O–H groups in total. The molecule has 7 heteroatoms. The third-order valence-corrected chi connectivity index (χ3v) is 5.24. The number of nitrogens with zero attached hydrogens (tertiary/aromatic N) is 2. The second-order valence-corrected chi connectivity index (χ2v) is 7.32. The fraction of sp³-hybridized carbons (Fsp3) is 0.190. The molecule has 5 rings (SSSR count). The quantitative estimate of drug-likeness (QED) is 0.548. The second kappa shape index (κ2) is 6.34. The van der Waals surface area contributed by atoms with Gasteiger partial charge in [0.05, 0.1) is 6.04 Å². The number of benzene rings is 2. The number of aryl methyl sites for hydroxylation is 1. The molecule has 2 aliphatic heterocycles. The molecule has 0 fully saturated rings. The van der Waals surface area contributed by atoms with Crippen LogP contribution < -0.4 is 4.74 Å². The summed E-state index contributed by atoms with van der Waals surface area (Å²) in [6.07, 6.45) is -0.105. The topological polar surface area (TPSA) is 38.0 Å². The third-order valence-electron chi connectivity index (χ3n) is 5.01. The molecule has 0 saturated heterocycles. The Hall–Kier alpha value is -2.86. The van der Waals surface area contributed by atoms with Crippen LogP contribution in [0.1, 0.15) is 41.3 Å². The summed E-state index contributed by atoms with van der Waals surface area (Å²) in [4.78, 5) is 0. The molecule has 0 bridgehead atoms. The van der Waals surface area contributed by atoms with Gasteiger partial charge in [-0.05, 0) is 49.4 Å². The minimum atomic E-state index is -0.926. The molecular formula is C21H15ClF2N2O2.